The van der Waals surface area contributed by atoms with Crippen LogP contribution >= 0.6 is 22.9 Å². The molecule has 0 spiro atoms. The first-order valence-electron chi connectivity index (χ1n) is 4.73. The van der Waals surface area contributed by atoms with Crippen LogP contribution in [0.5, 0.6) is 5.75 Å². The Balaban J connectivity index is 2.37. The molecule has 2 rings (SSSR count). The Labute approximate surface area is 103 Å². The first kappa shape index (κ1) is 11.4. The lowest BCUT2D eigenvalue weighted by molar-refractivity contribution is 0.415. The summed E-state index contributed by atoms with van der Waals surface area (Å²) in [7, 11) is 1.59. The molecule has 0 radical (unpaired) electrons. The number of methoxy groups -OCH3 is 1. The number of ether oxygens (including phenoxy) is 1. The minimum Gasteiger partial charge on any atom is -0.495 e. The van der Waals surface area contributed by atoms with Gasteiger partial charge in [-0.05, 0) is 18.2 Å². The fourth-order valence-electron chi connectivity index (χ4n) is 1.33. The molecule has 0 aliphatic rings. The molecule has 2 N–H and O–H groups in total. The summed E-state index contributed by atoms with van der Waals surface area (Å²) in [6.45, 7) is 0.515. The normalized spacial score (nSPS) is 10.4. The van der Waals surface area contributed by atoms with Crippen LogP contribution in [0.25, 0.3) is 10.6 Å². The van der Waals surface area contributed by atoms with Crippen LogP contribution in [-0.4, -0.2) is 12.1 Å². The molecule has 0 atom stereocenters. The highest BCUT2D eigenvalue weighted by atomic mass is 35.5. The first-order valence-corrected chi connectivity index (χ1v) is 5.92. The van der Waals surface area contributed by atoms with E-state index in [0.29, 0.717) is 17.3 Å². The number of rotatable bonds is 3. The van der Waals surface area contributed by atoms with E-state index in [0.717, 1.165) is 15.4 Å². The number of nitrogens with zero attached hydrogens (tertiary/aromatic N) is 1. The molecule has 16 heavy (non-hydrogen) atoms. The molecule has 3 nitrogen and oxygen atoms in total. The van der Waals surface area contributed by atoms with E-state index >= 15 is 0 Å². The third kappa shape index (κ3) is 2.19. The molecule has 0 saturated heterocycles. The quantitative estimate of drug-likeness (QED) is 0.916. The summed E-state index contributed by atoms with van der Waals surface area (Å²) in [5.41, 5.74) is 6.52. The van der Waals surface area contributed by atoms with Gasteiger partial charge in [0.2, 0.25) is 0 Å². The minimum atomic E-state index is 0.515. The lowest BCUT2D eigenvalue weighted by atomic mass is 10.2. The summed E-state index contributed by atoms with van der Waals surface area (Å²) in [6, 6.07) is 5.62. The number of halogens is 1. The molecule has 0 unspecified atom stereocenters. The van der Waals surface area contributed by atoms with Crippen molar-refractivity contribution in [1.82, 2.24) is 4.98 Å². The van der Waals surface area contributed by atoms with Gasteiger partial charge < -0.3 is 10.5 Å². The molecule has 2 aromatic rings. The van der Waals surface area contributed by atoms with Crippen LogP contribution in [0.15, 0.2) is 24.4 Å². The maximum atomic E-state index is 6.05. The SMILES string of the molecule is COc1ccc(-c2ncc(CN)s2)cc1Cl. The predicted octanol–water partition coefficient (Wildman–Crippen LogP) is 2.93. The highest BCUT2D eigenvalue weighted by Crippen LogP contribution is 2.31. The fourth-order valence-corrected chi connectivity index (χ4v) is 2.38. The Hall–Kier alpha value is -1.10. The molecule has 84 valence electrons. The van der Waals surface area contributed by atoms with Crippen molar-refractivity contribution in [3.05, 3.63) is 34.3 Å². The van der Waals surface area contributed by atoms with Gasteiger partial charge in [-0.3, -0.25) is 0 Å². The van der Waals surface area contributed by atoms with Crippen molar-refractivity contribution in [3.8, 4) is 16.3 Å². The largest absolute Gasteiger partial charge is 0.495 e. The maximum absolute atomic E-state index is 6.05. The smallest absolute Gasteiger partial charge is 0.137 e. The van der Waals surface area contributed by atoms with Crippen molar-refractivity contribution in [2.45, 2.75) is 6.54 Å². The Morgan fingerprint density at radius 3 is 2.88 bits per heavy atom. The summed E-state index contributed by atoms with van der Waals surface area (Å²) < 4.78 is 5.09. The molecule has 5 heteroatoms. The van der Waals surface area contributed by atoms with Crippen molar-refractivity contribution in [2.75, 3.05) is 7.11 Å². The van der Waals surface area contributed by atoms with Crippen molar-refractivity contribution in [3.63, 3.8) is 0 Å². The van der Waals surface area contributed by atoms with Crippen LogP contribution in [0.1, 0.15) is 4.88 Å². The van der Waals surface area contributed by atoms with Crippen molar-refractivity contribution in [1.29, 1.82) is 0 Å². The number of nitrogens with two attached hydrogens (primary N) is 1. The van der Waals surface area contributed by atoms with Crippen LogP contribution in [0, 0.1) is 0 Å². The molecular formula is C11H11ClN2OS. The zero-order chi connectivity index (χ0) is 11.5. The zero-order valence-electron chi connectivity index (χ0n) is 8.74. The van der Waals surface area contributed by atoms with Gasteiger partial charge in [-0.2, -0.15) is 0 Å². The summed E-state index contributed by atoms with van der Waals surface area (Å²) in [5.74, 6) is 0.668. The standard InChI is InChI=1S/C11H11ClN2OS/c1-15-10-3-2-7(4-9(10)12)11-14-6-8(5-13)16-11/h2-4,6H,5,13H2,1H3. The second-order valence-electron chi connectivity index (χ2n) is 3.19. The van der Waals surface area contributed by atoms with Gasteiger partial charge in [0.25, 0.3) is 0 Å². The van der Waals surface area contributed by atoms with E-state index in [1.165, 1.54) is 0 Å². The summed E-state index contributed by atoms with van der Waals surface area (Å²) in [4.78, 5) is 5.35. The van der Waals surface area contributed by atoms with Gasteiger partial charge >= 0.3 is 0 Å². The predicted molar refractivity (Wildman–Crippen MR) is 67.0 cm³/mol. The molecule has 0 bridgehead atoms. The van der Waals surface area contributed by atoms with Gasteiger partial charge in [-0.25, -0.2) is 4.98 Å². The van der Waals surface area contributed by atoms with Crippen LogP contribution in [0.2, 0.25) is 5.02 Å². The van der Waals surface area contributed by atoms with Crippen LogP contribution in [0.4, 0.5) is 0 Å². The third-order valence-electron chi connectivity index (χ3n) is 2.15. The zero-order valence-corrected chi connectivity index (χ0v) is 10.3. The number of hydrogen-bond donors (Lipinski definition) is 1. The van der Waals surface area contributed by atoms with E-state index in [1.54, 1.807) is 24.6 Å². The monoisotopic (exact) mass is 254 g/mol. The lowest BCUT2D eigenvalue weighted by Crippen LogP contribution is -1.91. The van der Waals surface area contributed by atoms with E-state index in [9.17, 15) is 0 Å². The molecule has 1 aromatic heterocycles. The molecule has 0 aliphatic carbocycles. The van der Waals surface area contributed by atoms with Crippen molar-refractivity contribution >= 4 is 22.9 Å². The minimum absolute atomic E-state index is 0.515. The highest BCUT2D eigenvalue weighted by Gasteiger charge is 2.07. The fraction of sp³-hybridized carbons (Fsp3) is 0.182. The Kier molecular flexibility index (Phi) is 3.43. The number of thiazole rings is 1. The average molecular weight is 255 g/mol. The van der Waals surface area contributed by atoms with E-state index in [4.69, 9.17) is 22.1 Å². The van der Waals surface area contributed by atoms with E-state index in [2.05, 4.69) is 4.98 Å². The van der Waals surface area contributed by atoms with Crippen molar-refractivity contribution < 1.29 is 4.74 Å². The summed E-state index contributed by atoms with van der Waals surface area (Å²) in [5, 5.41) is 1.51. The van der Waals surface area contributed by atoms with E-state index in [1.807, 2.05) is 18.2 Å². The first-order chi connectivity index (χ1) is 7.74. The molecular weight excluding hydrogens is 244 g/mol. The molecule has 0 aliphatic heterocycles. The molecule has 1 aromatic carbocycles. The molecule has 1 heterocycles. The Bertz CT molecular complexity index is 498. The van der Waals surface area contributed by atoms with Gasteiger partial charge in [0.15, 0.2) is 0 Å². The highest BCUT2D eigenvalue weighted by molar-refractivity contribution is 7.15. The summed E-state index contributed by atoms with van der Waals surface area (Å²) in [6.07, 6.45) is 1.79. The van der Waals surface area contributed by atoms with E-state index in [-0.39, 0.29) is 0 Å². The van der Waals surface area contributed by atoms with Crippen LogP contribution in [0.3, 0.4) is 0 Å². The molecule has 0 fully saturated rings. The summed E-state index contributed by atoms with van der Waals surface area (Å²) >= 11 is 7.62. The number of hydrogen-bond acceptors (Lipinski definition) is 4. The van der Waals surface area contributed by atoms with Crippen LogP contribution < -0.4 is 10.5 Å². The number of aromatic nitrogens is 1. The van der Waals surface area contributed by atoms with Gasteiger partial charge in [0.1, 0.15) is 10.8 Å². The molecule has 0 saturated carbocycles. The lowest BCUT2D eigenvalue weighted by Gasteiger charge is -2.03. The topological polar surface area (TPSA) is 48.1 Å². The molecule has 0 amide bonds. The second-order valence-corrected chi connectivity index (χ2v) is 4.71. The Morgan fingerprint density at radius 1 is 1.50 bits per heavy atom. The third-order valence-corrected chi connectivity index (χ3v) is 3.52. The maximum Gasteiger partial charge on any atom is 0.137 e. The second kappa shape index (κ2) is 4.82. The van der Waals surface area contributed by atoms with E-state index < -0.39 is 0 Å². The van der Waals surface area contributed by atoms with Gasteiger partial charge in [0.05, 0.1) is 12.1 Å². The average Bonchev–Trinajstić information content (AvgIpc) is 2.77. The van der Waals surface area contributed by atoms with Crippen molar-refractivity contribution in [2.24, 2.45) is 5.73 Å². The number of benzene rings is 1. The Morgan fingerprint density at radius 2 is 2.31 bits per heavy atom. The van der Waals surface area contributed by atoms with Gasteiger partial charge in [-0.15, -0.1) is 11.3 Å². The van der Waals surface area contributed by atoms with Gasteiger partial charge in [0, 0.05) is 23.2 Å². The van der Waals surface area contributed by atoms with Crippen LogP contribution in [-0.2, 0) is 6.54 Å². The van der Waals surface area contributed by atoms with Gasteiger partial charge in [-0.1, -0.05) is 11.6 Å².